The number of para-hydroxylation sites is 1. The van der Waals surface area contributed by atoms with Gasteiger partial charge in [-0.1, -0.05) is 79.8 Å². The SMILES string of the molecule is CC(CC(=O)Nc1cccc2cccnc12)C[Si](C)(C)c1ccccc1. The molecule has 0 aliphatic carbocycles. The maximum Gasteiger partial charge on any atom is 0.224 e. The number of fused-ring (bicyclic) bond motifs is 1. The Kier molecular flexibility index (Phi) is 5.52. The van der Waals surface area contributed by atoms with Crippen LogP contribution in [0.15, 0.2) is 66.9 Å². The average Bonchev–Trinajstić information content (AvgIpc) is 2.62. The lowest BCUT2D eigenvalue weighted by Crippen LogP contribution is -2.42. The molecule has 2 aromatic carbocycles. The van der Waals surface area contributed by atoms with Crippen LogP contribution in [0.1, 0.15) is 13.3 Å². The van der Waals surface area contributed by atoms with Crippen molar-refractivity contribution in [2.45, 2.75) is 32.5 Å². The number of hydrogen-bond acceptors (Lipinski definition) is 2. The zero-order valence-corrected chi connectivity index (χ0v) is 16.7. The highest BCUT2D eigenvalue weighted by molar-refractivity contribution is 6.89. The number of nitrogens with zero attached hydrogens (tertiary/aromatic N) is 1. The Bertz CT molecular complexity index is 888. The summed E-state index contributed by atoms with van der Waals surface area (Å²) in [7, 11) is -1.54. The molecule has 0 saturated carbocycles. The van der Waals surface area contributed by atoms with Gasteiger partial charge in [-0.05, 0) is 18.1 Å². The molecule has 3 rings (SSSR count). The van der Waals surface area contributed by atoms with Gasteiger partial charge >= 0.3 is 0 Å². The van der Waals surface area contributed by atoms with Crippen molar-refractivity contribution in [2.24, 2.45) is 5.92 Å². The fourth-order valence-electron chi connectivity index (χ4n) is 3.67. The van der Waals surface area contributed by atoms with Crippen molar-refractivity contribution < 1.29 is 4.79 Å². The number of amides is 1. The molecule has 3 nitrogen and oxygen atoms in total. The molecular weight excluding hydrogens is 336 g/mol. The number of carbonyl (C=O) groups excluding carboxylic acids is 1. The Labute approximate surface area is 156 Å². The summed E-state index contributed by atoms with van der Waals surface area (Å²) in [6.45, 7) is 6.94. The highest BCUT2D eigenvalue weighted by Gasteiger charge is 2.26. The highest BCUT2D eigenvalue weighted by Crippen LogP contribution is 2.23. The van der Waals surface area contributed by atoms with E-state index in [4.69, 9.17) is 0 Å². The number of aromatic nitrogens is 1. The fourth-order valence-corrected chi connectivity index (χ4v) is 6.89. The summed E-state index contributed by atoms with van der Waals surface area (Å²) in [4.78, 5) is 17.0. The van der Waals surface area contributed by atoms with E-state index in [1.165, 1.54) is 5.19 Å². The van der Waals surface area contributed by atoms with Crippen molar-refractivity contribution in [1.29, 1.82) is 0 Å². The molecule has 1 atom stereocenters. The van der Waals surface area contributed by atoms with E-state index in [-0.39, 0.29) is 5.91 Å². The third-order valence-electron chi connectivity index (χ3n) is 4.85. The third kappa shape index (κ3) is 4.38. The maximum atomic E-state index is 12.6. The minimum Gasteiger partial charge on any atom is -0.324 e. The van der Waals surface area contributed by atoms with E-state index in [1.54, 1.807) is 6.20 Å². The fraction of sp³-hybridized carbons (Fsp3) is 0.273. The second-order valence-corrected chi connectivity index (χ2v) is 12.4. The van der Waals surface area contributed by atoms with Gasteiger partial charge in [-0.2, -0.15) is 0 Å². The third-order valence-corrected chi connectivity index (χ3v) is 8.47. The van der Waals surface area contributed by atoms with E-state index < -0.39 is 8.07 Å². The first-order valence-electron chi connectivity index (χ1n) is 9.15. The van der Waals surface area contributed by atoms with Crippen LogP contribution >= 0.6 is 0 Å². The monoisotopic (exact) mass is 362 g/mol. The molecule has 1 unspecified atom stereocenters. The highest BCUT2D eigenvalue weighted by atomic mass is 28.3. The second kappa shape index (κ2) is 7.83. The van der Waals surface area contributed by atoms with Gasteiger partial charge < -0.3 is 5.32 Å². The summed E-state index contributed by atoms with van der Waals surface area (Å²) in [5, 5.41) is 5.54. The van der Waals surface area contributed by atoms with Gasteiger partial charge in [-0.25, -0.2) is 0 Å². The molecule has 0 spiro atoms. The first-order chi connectivity index (χ1) is 12.5. The quantitative estimate of drug-likeness (QED) is 0.639. The van der Waals surface area contributed by atoms with Crippen molar-refractivity contribution in [1.82, 2.24) is 4.98 Å². The molecule has 0 aliphatic rings. The van der Waals surface area contributed by atoms with Crippen LogP contribution < -0.4 is 10.5 Å². The number of anilines is 1. The lowest BCUT2D eigenvalue weighted by Gasteiger charge is -2.26. The molecular formula is C22H26N2OSi. The number of hydrogen-bond donors (Lipinski definition) is 1. The van der Waals surface area contributed by atoms with Crippen LogP contribution in [0.5, 0.6) is 0 Å². The Hall–Kier alpha value is -2.46. The number of benzene rings is 2. The summed E-state index contributed by atoms with van der Waals surface area (Å²) < 4.78 is 0. The van der Waals surface area contributed by atoms with Crippen LogP contribution in [0.3, 0.4) is 0 Å². The summed E-state index contributed by atoms with van der Waals surface area (Å²) in [5.41, 5.74) is 1.63. The van der Waals surface area contributed by atoms with Crippen LogP contribution in [0, 0.1) is 5.92 Å². The van der Waals surface area contributed by atoms with Crippen LogP contribution in [0.2, 0.25) is 19.1 Å². The molecule has 0 aliphatic heterocycles. The van der Waals surface area contributed by atoms with Crippen molar-refractivity contribution in [3.63, 3.8) is 0 Å². The van der Waals surface area contributed by atoms with Crippen LogP contribution in [-0.2, 0) is 4.79 Å². The zero-order valence-electron chi connectivity index (χ0n) is 15.7. The Balaban J connectivity index is 1.64. The molecule has 0 radical (unpaired) electrons. The Morgan fingerprint density at radius 2 is 1.77 bits per heavy atom. The molecule has 4 heteroatoms. The normalized spacial score (nSPS) is 12.7. The number of nitrogens with one attached hydrogen (secondary N) is 1. The predicted molar refractivity (Wildman–Crippen MR) is 113 cm³/mol. The van der Waals surface area contributed by atoms with E-state index in [1.807, 2.05) is 30.3 Å². The van der Waals surface area contributed by atoms with Gasteiger partial charge in [-0.15, -0.1) is 0 Å². The van der Waals surface area contributed by atoms with E-state index >= 15 is 0 Å². The molecule has 1 amide bonds. The molecule has 0 bridgehead atoms. The van der Waals surface area contributed by atoms with E-state index in [0.717, 1.165) is 22.6 Å². The summed E-state index contributed by atoms with van der Waals surface area (Å²) in [6.07, 6.45) is 2.29. The molecule has 134 valence electrons. The largest absolute Gasteiger partial charge is 0.324 e. The molecule has 0 fully saturated rings. The van der Waals surface area contributed by atoms with Crippen molar-refractivity contribution >= 4 is 35.8 Å². The number of carbonyl (C=O) groups is 1. The van der Waals surface area contributed by atoms with E-state index in [9.17, 15) is 4.79 Å². The smallest absolute Gasteiger partial charge is 0.224 e. The molecule has 26 heavy (non-hydrogen) atoms. The molecule has 1 aromatic heterocycles. The number of pyridine rings is 1. The van der Waals surface area contributed by atoms with Crippen molar-refractivity contribution in [2.75, 3.05) is 5.32 Å². The van der Waals surface area contributed by atoms with E-state index in [0.29, 0.717) is 12.3 Å². The molecule has 3 aromatic rings. The molecule has 0 saturated heterocycles. The van der Waals surface area contributed by atoms with Crippen LogP contribution in [0.4, 0.5) is 5.69 Å². The Morgan fingerprint density at radius 1 is 1.04 bits per heavy atom. The predicted octanol–water partition coefficient (Wildman–Crippen LogP) is 4.82. The minimum atomic E-state index is -1.54. The summed E-state index contributed by atoms with van der Waals surface area (Å²) in [5.74, 6) is 0.410. The average molecular weight is 363 g/mol. The topological polar surface area (TPSA) is 42.0 Å². The van der Waals surface area contributed by atoms with Gasteiger partial charge in [0.25, 0.3) is 0 Å². The van der Waals surface area contributed by atoms with Crippen molar-refractivity contribution in [3.8, 4) is 0 Å². The first kappa shape index (κ1) is 18.3. The lowest BCUT2D eigenvalue weighted by atomic mass is 10.1. The zero-order chi connectivity index (χ0) is 18.6. The summed E-state index contributed by atoms with van der Waals surface area (Å²) >= 11 is 0. The van der Waals surface area contributed by atoms with Crippen LogP contribution in [0.25, 0.3) is 10.9 Å². The molecule has 1 heterocycles. The van der Waals surface area contributed by atoms with Gasteiger partial charge in [0.1, 0.15) is 0 Å². The number of rotatable bonds is 6. The van der Waals surface area contributed by atoms with Gasteiger partial charge in [0.05, 0.1) is 19.3 Å². The first-order valence-corrected chi connectivity index (χ1v) is 12.4. The van der Waals surface area contributed by atoms with Gasteiger partial charge in [-0.3, -0.25) is 9.78 Å². The minimum absolute atomic E-state index is 0.0634. The maximum absolute atomic E-state index is 12.6. The molecule has 1 N–H and O–H groups in total. The lowest BCUT2D eigenvalue weighted by molar-refractivity contribution is -0.116. The standard InChI is InChI=1S/C22H26N2OSi/c1-17(16-26(2,3)19-11-5-4-6-12-19)15-21(25)24-20-13-7-9-18-10-8-14-23-22(18)20/h4-14,17H,15-16H2,1-3H3,(H,24,25). The van der Waals surface area contributed by atoms with Crippen molar-refractivity contribution in [3.05, 3.63) is 66.9 Å². The van der Waals surface area contributed by atoms with Gasteiger partial charge in [0.15, 0.2) is 0 Å². The van der Waals surface area contributed by atoms with Gasteiger partial charge in [0.2, 0.25) is 5.91 Å². The van der Waals surface area contributed by atoms with Gasteiger partial charge in [0, 0.05) is 18.0 Å². The van der Waals surface area contributed by atoms with E-state index in [2.05, 4.69) is 60.7 Å². The summed E-state index contributed by atoms with van der Waals surface area (Å²) in [6, 6.07) is 21.6. The van der Waals surface area contributed by atoms with Crippen LogP contribution in [-0.4, -0.2) is 19.0 Å². The second-order valence-electron chi connectivity index (χ2n) is 7.69. The Morgan fingerprint density at radius 3 is 2.54 bits per heavy atom.